The van der Waals surface area contributed by atoms with Gasteiger partial charge >= 0.3 is 0 Å². The second-order valence-electron chi connectivity index (χ2n) is 5.90. The Balaban J connectivity index is 1.58. The fourth-order valence-electron chi connectivity index (χ4n) is 2.89. The summed E-state index contributed by atoms with van der Waals surface area (Å²) in [6.45, 7) is 3.18. The third kappa shape index (κ3) is 2.78. The highest BCUT2D eigenvalue weighted by molar-refractivity contribution is 5.92. The zero-order valence-corrected chi connectivity index (χ0v) is 13.4. The topological polar surface area (TPSA) is 81.7 Å². The molecular weight excluding hydrogens is 308 g/mol. The standard InChI is InChI=1S/C17H18N4O3/c1-11-8-14(17(22)18-10-12-4-2-6-23-12)19-16-9-13(20-21(11)16)15-5-3-7-24-15/h3,5,7-9,12H,2,4,6,10H2,1H3,(H,18,22)/t12-/m1/s1. The van der Waals surface area contributed by atoms with Crippen molar-refractivity contribution in [1.82, 2.24) is 19.9 Å². The summed E-state index contributed by atoms with van der Waals surface area (Å²) >= 11 is 0. The number of nitrogens with zero attached hydrogens (tertiary/aromatic N) is 3. The van der Waals surface area contributed by atoms with Gasteiger partial charge in [-0.25, -0.2) is 9.50 Å². The van der Waals surface area contributed by atoms with E-state index >= 15 is 0 Å². The molecule has 3 aromatic heterocycles. The molecule has 1 aliphatic heterocycles. The van der Waals surface area contributed by atoms with Crippen LogP contribution in [0.5, 0.6) is 0 Å². The van der Waals surface area contributed by atoms with Crippen molar-refractivity contribution in [3.8, 4) is 11.5 Å². The van der Waals surface area contributed by atoms with Crippen molar-refractivity contribution >= 4 is 11.6 Å². The lowest BCUT2D eigenvalue weighted by molar-refractivity contribution is 0.0853. The Morgan fingerprint density at radius 1 is 1.46 bits per heavy atom. The summed E-state index contributed by atoms with van der Waals surface area (Å²) in [7, 11) is 0. The molecule has 7 heteroatoms. The summed E-state index contributed by atoms with van der Waals surface area (Å²) in [6, 6.07) is 7.19. The molecular formula is C17H18N4O3. The number of aromatic nitrogens is 3. The third-order valence-corrected chi connectivity index (χ3v) is 4.13. The van der Waals surface area contributed by atoms with E-state index in [0.717, 1.165) is 25.1 Å². The smallest absolute Gasteiger partial charge is 0.270 e. The molecule has 1 aliphatic rings. The number of fused-ring (bicyclic) bond motifs is 1. The Labute approximate surface area is 138 Å². The van der Waals surface area contributed by atoms with Gasteiger partial charge in [0.05, 0.1) is 12.4 Å². The van der Waals surface area contributed by atoms with Gasteiger partial charge in [-0.2, -0.15) is 5.10 Å². The molecule has 0 saturated carbocycles. The van der Waals surface area contributed by atoms with E-state index in [2.05, 4.69) is 15.4 Å². The molecule has 0 bridgehead atoms. The molecule has 0 aromatic carbocycles. The predicted octanol–water partition coefficient (Wildman–Crippen LogP) is 2.21. The fraction of sp³-hybridized carbons (Fsp3) is 0.353. The van der Waals surface area contributed by atoms with E-state index in [1.807, 2.05) is 25.1 Å². The monoisotopic (exact) mass is 326 g/mol. The summed E-state index contributed by atoms with van der Waals surface area (Å²) in [4.78, 5) is 16.8. The molecule has 4 heterocycles. The molecule has 1 N–H and O–H groups in total. The van der Waals surface area contributed by atoms with Crippen LogP contribution in [-0.2, 0) is 4.74 Å². The van der Waals surface area contributed by atoms with E-state index in [1.165, 1.54) is 0 Å². The predicted molar refractivity (Wildman–Crippen MR) is 86.7 cm³/mol. The van der Waals surface area contributed by atoms with Gasteiger partial charge in [0.2, 0.25) is 0 Å². The quantitative estimate of drug-likeness (QED) is 0.795. The Kier molecular flexibility index (Phi) is 3.78. The minimum atomic E-state index is -0.197. The van der Waals surface area contributed by atoms with Gasteiger partial charge in [0, 0.05) is 24.9 Å². The van der Waals surface area contributed by atoms with Crippen LogP contribution in [0.4, 0.5) is 0 Å². The van der Waals surface area contributed by atoms with Crippen LogP contribution in [0.1, 0.15) is 29.0 Å². The first-order valence-electron chi connectivity index (χ1n) is 8.02. The zero-order valence-electron chi connectivity index (χ0n) is 13.4. The number of nitrogens with one attached hydrogen (secondary N) is 1. The molecule has 1 fully saturated rings. The minimum Gasteiger partial charge on any atom is -0.463 e. The Morgan fingerprint density at radius 3 is 3.12 bits per heavy atom. The van der Waals surface area contributed by atoms with Crippen LogP contribution in [0.2, 0.25) is 0 Å². The SMILES string of the molecule is Cc1cc(C(=O)NC[C@H]2CCCO2)nc2cc(-c3ccco3)nn12. The van der Waals surface area contributed by atoms with Crippen molar-refractivity contribution in [3.05, 3.63) is 41.9 Å². The van der Waals surface area contributed by atoms with Gasteiger partial charge in [0.15, 0.2) is 11.4 Å². The van der Waals surface area contributed by atoms with Crippen molar-refractivity contribution in [2.24, 2.45) is 0 Å². The van der Waals surface area contributed by atoms with E-state index in [0.29, 0.717) is 29.3 Å². The van der Waals surface area contributed by atoms with Gasteiger partial charge in [-0.1, -0.05) is 0 Å². The molecule has 0 unspecified atom stereocenters. The summed E-state index contributed by atoms with van der Waals surface area (Å²) < 4.78 is 12.6. The number of aryl methyl sites for hydroxylation is 1. The van der Waals surface area contributed by atoms with E-state index in [1.54, 1.807) is 16.8 Å². The van der Waals surface area contributed by atoms with Gasteiger partial charge in [0.1, 0.15) is 11.4 Å². The molecule has 1 atom stereocenters. The van der Waals surface area contributed by atoms with Crippen LogP contribution in [0, 0.1) is 6.92 Å². The van der Waals surface area contributed by atoms with Gasteiger partial charge in [-0.15, -0.1) is 0 Å². The summed E-state index contributed by atoms with van der Waals surface area (Å²) in [5.41, 5.74) is 2.51. The molecule has 4 rings (SSSR count). The van der Waals surface area contributed by atoms with Gasteiger partial charge in [0.25, 0.3) is 5.91 Å². The van der Waals surface area contributed by atoms with E-state index < -0.39 is 0 Å². The number of carbonyl (C=O) groups is 1. The second kappa shape index (κ2) is 6.09. The number of rotatable bonds is 4. The number of furan rings is 1. The largest absolute Gasteiger partial charge is 0.463 e. The molecule has 0 aliphatic carbocycles. The highest BCUT2D eigenvalue weighted by Crippen LogP contribution is 2.20. The highest BCUT2D eigenvalue weighted by Gasteiger charge is 2.18. The maximum absolute atomic E-state index is 12.4. The number of hydrogen-bond donors (Lipinski definition) is 1. The first-order chi connectivity index (χ1) is 11.7. The molecule has 3 aromatic rings. The molecule has 1 saturated heterocycles. The van der Waals surface area contributed by atoms with Crippen molar-refractivity contribution in [3.63, 3.8) is 0 Å². The van der Waals surface area contributed by atoms with Crippen molar-refractivity contribution < 1.29 is 13.9 Å². The maximum atomic E-state index is 12.4. The second-order valence-corrected chi connectivity index (χ2v) is 5.90. The first kappa shape index (κ1) is 14.9. The van der Waals surface area contributed by atoms with E-state index in [-0.39, 0.29) is 12.0 Å². The summed E-state index contributed by atoms with van der Waals surface area (Å²) in [5, 5.41) is 7.37. The number of carbonyl (C=O) groups excluding carboxylic acids is 1. The number of ether oxygens (including phenoxy) is 1. The van der Waals surface area contributed by atoms with Gasteiger partial charge < -0.3 is 14.5 Å². The average Bonchev–Trinajstić information content (AvgIpc) is 3.31. The summed E-state index contributed by atoms with van der Waals surface area (Å²) in [5.74, 6) is 0.473. The van der Waals surface area contributed by atoms with Crippen molar-refractivity contribution in [2.75, 3.05) is 13.2 Å². The van der Waals surface area contributed by atoms with Crippen LogP contribution in [0.25, 0.3) is 17.1 Å². The van der Waals surface area contributed by atoms with Crippen LogP contribution in [0.15, 0.2) is 34.9 Å². The maximum Gasteiger partial charge on any atom is 0.270 e. The number of hydrogen-bond acceptors (Lipinski definition) is 5. The van der Waals surface area contributed by atoms with Crippen LogP contribution >= 0.6 is 0 Å². The van der Waals surface area contributed by atoms with E-state index in [4.69, 9.17) is 9.15 Å². The molecule has 1 amide bonds. The zero-order chi connectivity index (χ0) is 16.5. The van der Waals surface area contributed by atoms with Gasteiger partial charge in [-0.05, 0) is 38.0 Å². The first-order valence-corrected chi connectivity index (χ1v) is 8.02. The lowest BCUT2D eigenvalue weighted by Crippen LogP contribution is -2.32. The summed E-state index contributed by atoms with van der Waals surface area (Å²) in [6.07, 6.45) is 3.75. The Hall–Kier alpha value is -2.67. The van der Waals surface area contributed by atoms with E-state index in [9.17, 15) is 4.79 Å². The normalized spacial score (nSPS) is 17.5. The average molecular weight is 326 g/mol. The molecule has 24 heavy (non-hydrogen) atoms. The van der Waals surface area contributed by atoms with Gasteiger partial charge in [-0.3, -0.25) is 4.79 Å². The minimum absolute atomic E-state index is 0.110. The lowest BCUT2D eigenvalue weighted by Gasteiger charge is -2.10. The van der Waals surface area contributed by atoms with Crippen LogP contribution in [-0.4, -0.2) is 39.8 Å². The molecule has 7 nitrogen and oxygen atoms in total. The molecule has 0 spiro atoms. The van der Waals surface area contributed by atoms with Crippen LogP contribution < -0.4 is 5.32 Å². The van der Waals surface area contributed by atoms with Crippen molar-refractivity contribution in [2.45, 2.75) is 25.9 Å². The number of amides is 1. The fourth-order valence-corrected chi connectivity index (χ4v) is 2.89. The molecule has 0 radical (unpaired) electrons. The van der Waals surface area contributed by atoms with Crippen molar-refractivity contribution in [1.29, 1.82) is 0 Å². The highest BCUT2D eigenvalue weighted by atomic mass is 16.5. The lowest BCUT2D eigenvalue weighted by atomic mass is 10.2. The Morgan fingerprint density at radius 2 is 2.38 bits per heavy atom. The van der Waals surface area contributed by atoms with Crippen LogP contribution in [0.3, 0.4) is 0 Å². The third-order valence-electron chi connectivity index (χ3n) is 4.13. The Bertz CT molecular complexity index is 863. The molecule has 124 valence electrons.